The summed E-state index contributed by atoms with van der Waals surface area (Å²) in [5.74, 6) is 0. The van der Waals surface area contributed by atoms with Crippen LogP contribution in [0.5, 0.6) is 0 Å². The SMILES string of the molecule is CC[C@H](N)c1ccc(N2CCC3CCC(C2)N3C)cc1. The van der Waals surface area contributed by atoms with Crippen molar-refractivity contribution in [3.05, 3.63) is 29.8 Å². The number of likely N-dealkylation sites (N-methyl/N-ethyl adjacent to an activating group) is 1. The van der Waals surface area contributed by atoms with Crippen LogP contribution in [-0.2, 0) is 0 Å². The summed E-state index contributed by atoms with van der Waals surface area (Å²) >= 11 is 0. The van der Waals surface area contributed by atoms with E-state index in [4.69, 9.17) is 5.73 Å². The highest BCUT2D eigenvalue weighted by Crippen LogP contribution is 2.31. The lowest BCUT2D eigenvalue weighted by Gasteiger charge is -2.28. The maximum absolute atomic E-state index is 6.10. The highest BCUT2D eigenvalue weighted by atomic mass is 15.3. The molecular formula is C17H27N3. The molecule has 2 saturated heterocycles. The van der Waals surface area contributed by atoms with Gasteiger partial charge in [-0.15, -0.1) is 0 Å². The van der Waals surface area contributed by atoms with E-state index in [-0.39, 0.29) is 6.04 Å². The van der Waals surface area contributed by atoms with Gasteiger partial charge in [-0.3, -0.25) is 4.90 Å². The van der Waals surface area contributed by atoms with Gasteiger partial charge in [0.2, 0.25) is 0 Å². The average Bonchev–Trinajstić information content (AvgIpc) is 2.72. The number of fused-ring (bicyclic) bond motifs is 2. The van der Waals surface area contributed by atoms with Crippen LogP contribution < -0.4 is 10.6 Å². The number of anilines is 1. The van der Waals surface area contributed by atoms with Crippen LogP contribution in [0.2, 0.25) is 0 Å². The molecule has 0 aromatic heterocycles. The standard InChI is InChI=1S/C17H27N3/c1-3-17(18)13-4-6-15(7-5-13)20-11-10-14-8-9-16(12-20)19(14)2/h4-7,14,16-17H,3,8-12,18H2,1-2H3/t14?,16?,17-/m0/s1. The van der Waals surface area contributed by atoms with Crippen LogP contribution in [-0.4, -0.2) is 37.1 Å². The molecule has 2 aliphatic rings. The molecule has 2 aliphatic heterocycles. The Hall–Kier alpha value is -1.06. The minimum absolute atomic E-state index is 0.176. The van der Waals surface area contributed by atoms with Crippen LogP contribution in [0.1, 0.15) is 44.2 Å². The van der Waals surface area contributed by atoms with Gasteiger partial charge in [0.25, 0.3) is 0 Å². The smallest absolute Gasteiger partial charge is 0.0366 e. The van der Waals surface area contributed by atoms with Gasteiger partial charge in [-0.1, -0.05) is 19.1 Å². The molecule has 2 unspecified atom stereocenters. The summed E-state index contributed by atoms with van der Waals surface area (Å²) in [5.41, 5.74) is 8.71. The van der Waals surface area contributed by atoms with Gasteiger partial charge in [0.05, 0.1) is 0 Å². The van der Waals surface area contributed by atoms with Crippen molar-refractivity contribution in [1.29, 1.82) is 0 Å². The predicted molar refractivity (Wildman–Crippen MR) is 85.1 cm³/mol. The third kappa shape index (κ3) is 2.57. The maximum Gasteiger partial charge on any atom is 0.0366 e. The zero-order valence-corrected chi connectivity index (χ0v) is 12.8. The predicted octanol–water partition coefficient (Wildman–Crippen LogP) is 2.77. The number of nitrogens with two attached hydrogens (primary N) is 1. The summed E-state index contributed by atoms with van der Waals surface area (Å²) in [4.78, 5) is 5.16. The van der Waals surface area contributed by atoms with Crippen LogP contribution in [0.4, 0.5) is 5.69 Å². The Labute approximate surface area is 122 Å². The molecule has 3 nitrogen and oxygen atoms in total. The zero-order chi connectivity index (χ0) is 14.1. The molecule has 2 heterocycles. The highest BCUT2D eigenvalue weighted by molar-refractivity contribution is 5.48. The van der Waals surface area contributed by atoms with Gasteiger partial charge in [-0.05, 0) is 50.4 Å². The molecule has 2 N–H and O–H groups in total. The topological polar surface area (TPSA) is 32.5 Å². The summed E-state index contributed by atoms with van der Waals surface area (Å²) in [6.07, 6.45) is 5.04. The molecule has 1 aromatic carbocycles. The highest BCUT2D eigenvalue weighted by Gasteiger charge is 2.34. The second-order valence-corrected chi connectivity index (χ2v) is 6.39. The lowest BCUT2D eigenvalue weighted by molar-refractivity contribution is 0.254. The van der Waals surface area contributed by atoms with E-state index in [1.54, 1.807) is 0 Å². The van der Waals surface area contributed by atoms with E-state index in [1.807, 2.05) is 0 Å². The second kappa shape index (κ2) is 5.74. The number of hydrogen-bond donors (Lipinski definition) is 1. The Morgan fingerprint density at radius 3 is 2.55 bits per heavy atom. The average molecular weight is 273 g/mol. The number of benzene rings is 1. The third-order valence-corrected chi connectivity index (χ3v) is 5.27. The molecule has 2 bridgehead atoms. The fraction of sp³-hybridized carbons (Fsp3) is 0.647. The van der Waals surface area contributed by atoms with E-state index < -0.39 is 0 Å². The Bertz CT molecular complexity index is 442. The maximum atomic E-state index is 6.10. The van der Waals surface area contributed by atoms with Crippen LogP contribution in [0.25, 0.3) is 0 Å². The summed E-state index contributed by atoms with van der Waals surface area (Å²) in [6, 6.07) is 10.6. The van der Waals surface area contributed by atoms with E-state index in [0.717, 1.165) is 18.5 Å². The van der Waals surface area contributed by atoms with Gasteiger partial charge < -0.3 is 10.6 Å². The molecule has 0 amide bonds. The molecule has 0 spiro atoms. The largest absolute Gasteiger partial charge is 0.370 e. The van der Waals surface area contributed by atoms with Gasteiger partial charge in [-0.25, -0.2) is 0 Å². The first-order valence-corrected chi connectivity index (χ1v) is 8.01. The van der Waals surface area contributed by atoms with E-state index in [1.165, 1.54) is 43.6 Å². The molecule has 2 fully saturated rings. The first-order chi connectivity index (χ1) is 9.69. The first-order valence-electron chi connectivity index (χ1n) is 8.01. The number of rotatable bonds is 3. The molecule has 110 valence electrons. The molecule has 3 heteroatoms. The molecule has 20 heavy (non-hydrogen) atoms. The Morgan fingerprint density at radius 2 is 1.85 bits per heavy atom. The van der Waals surface area contributed by atoms with Crippen molar-refractivity contribution < 1.29 is 0 Å². The molecule has 0 aliphatic carbocycles. The van der Waals surface area contributed by atoms with Crippen molar-refractivity contribution in [3.8, 4) is 0 Å². The molecule has 3 atom stereocenters. The molecule has 0 radical (unpaired) electrons. The van der Waals surface area contributed by atoms with E-state index in [2.05, 4.69) is 48.0 Å². The van der Waals surface area contributed by atoms with Gasteiger partial charge in [-0.2, -0.15) is 0 Å². The second-order valence-electron chi connectivity index (χ2n) is 6.39. The quantitative estimate of drug-likeness (QED) is 0.919. The Morgan fingerprint density at radius 1 is 1.15 bits per heavy atom. The van der Waals surface area contributed by atoms with Crippen molar-refractivity contribution in [2.24, 2.45) is 5.73 Å². The van der Waals surface area contributed by atoms with E-state index in [9.17, 15) is 0 Å². The third-order valence-electron chi connectivity index (χ3n) is 5.27. The minimum Gasteiger partial charge on any atom is -0.370 e. The number of nitrogens with zero attached hydrogens (tertiary/aromatic N) is 2. The van der Waals surface area contributed by atoms with Crippen molar-refractivity contribution >= 4 is 5.69 Å². The Balaban J connectivity index is 1.73. The lowest BCUT2D eigenvalue weighted by Crippen LogP contribution is -2.36. The van der Waals surface area contributed by atoms with Crippen LogP contribution >= 0.6 is 0 Å². The molecular weight excluding hydrogens is 246 g/mol. The van der Waals surface area contributed by atoms with Crippen molar-refractivity contribution in [2.45, 2.75) is 50.7 Å². The lowest BCUT2D eigenvalue weighted by atomic mass is 10.0. The van der Waals surface area contributed by atoms with Gasteiger partial charge >= 0.3 is 0 Å². The molecule has 3 rings (SSSR count). The fourth-order valence-corrected chi connectivity index (χ4v) is 3.71. The van der Waals surface area contributed by atoms with Crippen molar-refractivity contribution in [3.63, 3.8) is 0 Å². The van der Waals surface area contributed by atoms with Crippen LogP contribution in [0.3, 0.4) is 0 Å². The monoisotopic (exact) mass is 273 g/mol. The van der Waals surface area contributed by atoms with E-state index >= 15 is 0 Å². The van der Waals surface area contributed by atoms with Crippen molar-refractivity contribution in [2.75, 3.05) is 25.0 Å². The molecule has 1 aromatic rings. The van der Waals surface area contributed by atoms with Crippen LogP contribution in [0, 0.1) is 0 Å². The van der Waals surface area contributed by atoms with Gasteiger partial charge in [0, 0.05) is 36.9 Å². The van der Waals surface area contributed by atoms with E-state index in [0.29, 0.717) is 0 Å². The number of hydrogen-bond acceptors (Lipinski definition) is 3. The summed E-state index contributed by atoms with van der Waals surface area (Å²) < 4.78 is 0. The first kappa shape index (κ1) is 13.9. The zero-order valence-electron chi connectivity index (χ0n) is 12.8. The summed E-state index contributed by atoms with van der Waals surface area (Å²) in [6.45, 7) is 4.50. The van der Waals surface area contributed by atoms with Crippen LogP contribution in [0.15, 0.2) is 24.3 Å². The normalized spacial score (nSPS) is 28.4. The summed E-state index contributed by atoms with van der Waals surface area (Å²) in [7, 11) is 2.30. The minimum atomic E-state index is 0.176. The van der Waals surface area contributed by atoms with Gasteiger partial charge in [0.1, 0.15) is 0 Å². The Kier molecular flexibility index (Phi) is 3.99. The molecule has 0 saturated carbocycles. The summed E-state index contributed by atoms with van der Waals surface area (Å²) in [5, 5.41) is 0. The fourth-order valence-electron chi connectivity index (χ4n) is 3.71. The van der Waals surface area contributed by atoms with Gasteiger partial charge in [0.15, 0.2) is 0 Å². The van der Waals surface area contributed by atoms with Crippen molar-refractivity contribution in [1.82, 2.24) is 4.90 Å².